The maximum atomic E-state index is 12.3. The summed E-state index contributed by atoms with van der Waals surface area (Å²) in [5, 5.41) is 0.502. The molecule has 1 aromatic carbocycles. The van der Waals surface area contributed by atoms with Crippen LogP contribution in [0.3, 0.4) is 0 Å². The predicted molar refractivity (Wildman–Crippen MR) is 91.3 cm³/mol. The molecule has 0 saturated heterocycles. The van der Waals surface area contributed by atoms with E-state index in [2.05, 4.69) is 34.7 Å². The Labute approximate surface area is 140 Å². The van der Waals surface area contributed by atoms with Crippen molar-refractivity contribution < 1.29 is 9.53 Å². The summed E-state index contributed by atoms with van der Waals surface area (Å²) >= 11 is 9.47. The molecule has 0 saturated carbocycles. The van der Waals surface area contributed by atoms with Crippen molar-refractivity contribution in [3.8, 4) is 0 Å². The first kappa shape index (κ1) is 18.6. The van der Waals surface area contributed by atoms with E-state index in [1.807, 2.05) is 6.07 Å². The number of hydrogen-bond donors (Lipinski definition) is 0. The molecule has 0 spiro atoms. The Morgan fingerprint density at radius 1 is 1.38 bits per heavy atom. The number of nitrogens with zero attached hydrogens (tertiary/aromatic N) is 1. The zero-order chi connectivity index (χ0) is 15.8. The normalized spacial score (nSPS) is 11.4. The maximum Gasteiger partial charge on any atom is 0.165 e. The summed E-state index contributed by atoms with van der Waals surface area (Å²) in [6.07, 6.45) is 0.470. The number of hydrogen-bond acceptors (Lipinski definition) is 3. The topological polar surface area (TPSA) is 29.5 Å². The Bertz CT molecular complexity index is 466. The van der Waals surface area contributed by atoms with Crippen molar-refractivity contribution in [2.45, 2.75) is 20.3 Å². The van der Waals surface area contributed by atoms with Gasteiger partial charge in [0.25, 0.3) is 0 Å². The number of benzene rings is 1. The fraction of sp³-hybridized carbons (Fsp3) is 0.562. The lowest BCUT2D eigenvalue weighted by molar-refractivity contribution is 0.0941. The van der Waals surface area contributed by atoms with E-state index in [1.54, 1.807) is 19.2 Å². The second-order valence-corrected chi connectivity index (χ2v) is 6.81. The van der Waals surface area contributed by atoms with Crippen LogP contribution < -0.4 is 0 Å². The third-order valence-electron chi connectivity index (χ3n) is 3.12. The molecule has 0 unspecified atom stereocenters. The third-order valence-corrected chi connectivity index (χ3v) is 3.93. The second kappa shape index (κ2) is 9.57. The Hall–Kier alpha value is -0.420. The van der Waals surface area contributed by atoms with Crippen molar-refractivity contribution >= 4 is 33.3 Å². The quantitative estimate of drug-likeness (QED) is 0.602. The lowest BCUT2D eigenvalue weighted by Crippen LogP contribution is -2.33. The predicted octanol–water partition coefficient (Wildman–Crippen LogP) is 4.28. The maximum absolute atomic E-state index is 12.3. The molecule has 0 aliphatic rings. The van der Waals surface area contributed by atoms with Crippen LogP contribution in [-0.2, 0) is 4.74 Å². The molecule has 0 fully saturated rings. The molecule has 21 heavy (non-hydrogen) atoms. The van der Waals surface area contributed by atoms with Crippen LogP contribution in [0.1, 0.15) is 30.6 Å². The first-order chi connectivity index (χ1) is 9.93. The fourth-order valence-corrected chi connectivity index (χ4v) is 2.92. The molecule has 1 rings (SSSR count). The molecule has 0 atom stereocenters. The summed E-state index contributed by atoms with van der Waals surface area (Å²) in [5.41, 5.74) is 0.594. The highest BCUT2D eigenvalue weighted by atomic mass is 79.9. The van der Waals surface area contributed by atoms with Crippen LogP contribution in [0.4, 0.5) is 0 Å². The molecule has 5 heteroatoms. The fourth-order valence-electron chi connectivity index (χ4n) is 2.14. The van der Waals surface area contributed by atoms with Crippen LogP contribution in [0.5, 0.6) is 0 Å². The first-order valence-electron chi connectivity index (χ1n) is 7.13. The van der Waals surface area contributed by atoms with Gasteiger partial charge in [-0.05, 0) is 24.1 Å². The summed E-state index contributed by atoms with van der Waals surface area (Å²) in [5.74, 6) is 0.645. The molecule has 3 nitrogen and oxygen atoms in total. The zero-order valence-corrected chi connectivity index (χ0v) is 15.2. The number of carbonyl (C=O) groups is 1. The van der Waals surface area contributed by atoms with Crippen LogP contribution in [-0.4, -0.2) is 44.0 Å². The number of halogens is 2. The van der Waals surface area contributed by atoms with Gasteiger partial charge in [0.2, 0.25) is 0 Å². The van der Waals surface area contributed by atoms with Crippen LogP contribution in [0.2, 0.25) is 5.02 Å². The van der Waals surface area contributed by atoms with Gasteiger partial charge < -0.3 is 9.64 Å². The summed E-state index contributed by atoms with van der Waals surface area (Å²) in [4.78, 5) is 14.5. The number of ether oxygens (including phenoxy) is 1. The van der Waals surface area contributed by atoms with Crippen LogP contribution >= 0.6 is 27.5 Å². The minimum atomic E-state index is 0.0821. The van der Waals surface area contributed by atoms with Crippen molar-refractivity contribution in [2.24, 2.45) is 5.92 Å². The van der Waals surface area contributed by atoms with Crippen molar-refractivity contribution in [2.75, 3.05) is 33.4 Å². The average molecular weight is 377 g/mol. The number of carbonyl (C=O) groups excluding carboxylic acids is 1. The van der Waals surface area contributed by atoms with Crippen molar-refractivity contribution in [1.82, 2.24) is 4.90 Å². The SMILES string of the molecule is COCCN(CCC(=O)c1ccc(Br)cc1Cl)CC(C)C. The minimum absolute atomic E-state index is 0.0821. The highest BCUT2D eigenvalue weighted by Crippen LogP contribution is 2.22. The Balaban J connectivity index is 2.59. The highest BCUT2D eigenvalue weighted by Gasteiger charge is 2.14. The van der Waals surface area contributed by atoms with Gasteiger partial charge in [0.05, 0.1) is 11.6 Å². The molecular formula is C16H23BrClNO2. The Morgan fingerprint density at radius 2 is 2.10 bits per heavy atom. The molecular weight excluding hydrogens is 354 g/mol. The van der Waals surface area contributed by atoms with Crippen LogP contribution in [0, 0.1) is 5.92 Å². The summed E-state index contributed by atoms with van der Waals surface area (Å²) in [7, 11) is 1.69. The Morgan fingerprint density at radius 3 is 2.67 bits per heavy atom. The van der Waals surface area contributed by atoms with E-state index in [1.165, 1.54) is 0 Å². The molecule has 0 heterocycles. The van der Waals surface area contributed by atoms with Crippen molar-refractivity contribution in [1.29, 1.82) is 0 Å². The van der Waals surface area contributed by atoms with Gasteiger partial charge in [-0.15, -0.1) is 0 Å². The van der Waals surface area contributed by atoms with Crippen molar-refractivity contribution in [3.63, 3.8) is 0 Å². The van der Waals surface area contributed by atoms with Crippen LogP contribution in [0.25, 0.3) is 0 Å². The van der Waals surface area contributed by atoms with E-state index in [9.17, 15) is 4.79 Å². The van der Waals surface area contributed by atoms with E-state index >= 15 is 0 Å². The third kappa shape index (κ3) is 6.92. The highest BCUT2D eigenvalue weighted by molar-refractivity contribution is 9.10. The van der Waals surface area contributed by atoms with Gasteiger partial charge in [-0.25, -0.2) is 0 Å². The van der Waals surface area contributed by atoms with Gasteiger partial charge in [0.1, 0.15) is 0 Å². The summed E-state index contributed by atoms with van der Waals surface area (Å²) in [6, 6.07) is 5.37. The summed E-state index contributed by atoms with van der Waals surface area (Å²) < 4.78 is 6.00. The molecule has 118 valence electrons. The van der Waals surface area contributed by atoms with Gasteiger partial charge in [0.15, 0.2) is 5.78 Å². The Kier molecular flexibility index (Phi) is 8.49. The largest absolute Gasteiger partial charge is 0.383 e. The van der Waals surface area contributed by atoms with Gasteiger partial charge in [0, 0.05) is 43.2 Å². The van der Waals surface area contributed by atoms with E-state index in [0.29, 0.717) is 29.5 Å². The molecule has 0 aromatic heterocycles. The lowest BCUT2D eigenvalue weighted by atomic mass is 10.1. The van der Waals surface area contributed by atoms with Crippen molar-refractivity contribution in [3.05, 3.63) is 33.3 Å². The number of Topliss-reactive ketones (excluding diaryl/α,β-unsaturated/α-hetero) is 1. The molecule has 1 aromatic rings. The minimum Gasteiger partial charge on any atom is -0.383 e. The van der Waals surface area contributed by atoms with E-state index in [-0.39, 0.29) is 5.78 Å². The molecule has 0 radical (unpaired) electrons. The zero-order valence-electron chi connectivity index (χ0n) is 12.9. The smallest absolute Gasteiger partial charge is 0.165 e. The second-order valence-electron chi connectivity index (χ2n) is 5.48. The average Bonchev–Trinajstić information content (AvgIpc) is 2.41. The van der Waals surface area contributed by atoms with E-state index < -0.39 is 0 Å². The van der Waals surface area contributed by atoms with Crippen LogP contribution in [0.15, 0.2) is 22.7 Å². The van der Waals surface area contributed by atoms with Gasteiger partial charge in [-0.3, -0.25) is 4.79 Å². The molecule has 0 bridgehead atoms. The van der Waals surface area contributed by atoms with E-state index in [0.717, 1.165) is 24.1 Å². The van der Waals surface area contributed by atoms with Gasteiger partial charge >= 0.3 is 0 Å². The molecule has 0 N–H and O–H groups in total. The molecule has 0 aliphatic carbocycles. The number of ketones is 1. The van der Waals surface area contributed by atoms with Gasteiger partial charge in [-0.2, -0.15) is 0 Å². The van der Waals surface area contributed by atoms with E-state index in [4.69, 9.17) is 16.3 Å². The summed E-state index contributed by atoms with van der Waals surface area (Å²) in [6.45, 7) is 7.56. The van der Waals surface area contributed by atoms with Gasteiger partial charge in [-0.1, -0.05) is 41.4 Å². The first-order valence-corrected chi connectivity index (χ1v) is 8.30. The number of methoxy groups -OCH3 is 1. The molecule has 0 aliphatic heterocycles. The molecule has 0 amide bonds. The monoisotopic (exact) mass is 375 g/mol. The lowest BCUT2D eigenvalue weighted by Gasteiger charge is -2.23. The standard InChI is InChI=1S/C16H23BrClNO2/c1-12(2)11-19(8-9-21-3)7-6-16(20)14-5-4-13(17)10-15(14)18/h4-5,10,12H,6-9,11H2,1-3H3. The number of rotatable bonds is 9.